The average molecular weight is 217 g/mol. The molecule has 1 aromatic rings. The summed E-state index contributed by atoms with van der Waals surface area (Å²) in [6.07, 6.45) is 0. The number of hydrogen-bond donors (Lipinski definition) is 1. The van der Waals surface area contributed by atoms with Gasteiger partial charge in [0.25, 0.3) is 0 Å². The molecule has 0 radical (unpaired) electrons. The predicted molar refractivity (Wildman–Crippen MR) is 67.0 cm³/mol. The minimum Gasteiger partial charge on any atom is -0.370 e. The number of rotatable bonds is 2. The number of nitrogens with two attached hydrogens (primary N) is 1. The minimum atomic E-state index is 0.559. The number of fused-ring (bicyclic) bond motifs is 1. The van der Waals surface area contributed by atoms with Crippen LogP contribution < -0.4 is 5.73 Å². The van der Waals surface area contributed by atoms with Gasteiger partial charge >= 0.3 is 0 Å². The molecule has 3 heteroatoms. The van der Waals surface area contributed by atoms with Gasteiger partial charge < -0.3 is 10.6 Å². The van der Waals surface area contributed by atoms with Crippen LogP contribution in [0.5, 0.6) is 0 Å². The first-order chi connectivity index (χ1) is 7.66. The Hall–Kier alpha value is -1.51. The molecule has 1 heterocycles. The van der Waals surface area contributed by atoms with Gasteiger partial charge in [0.2, 0.25) is 0 Å². The van der Waals surface area contributed by atoms with Crippen LogP contribution in [0.25, 0.3) is 0 Å². The quantitative estimate of drug-likeness (QED) is 0.608. The van der Waals surface area contributed by atoms with E-state index in [-0.39, 0.29) is 0 Å². The Balaban J connectivity index is 2.03. The highest BCUT2D eigenvalue weighted by Crippen LogP contribution is 2.21. The van der Waals surface area contributed by atoms with Crippen LogP contribution in [-0.2, 0) is 13.1 Å². The first kappa shape index (κ1) is 11.0. The molecule has 2 N–H and O–H groups in total. The van der Waals surface area contributed by atoms with Crippen molar-refractivity contribution in [3.05, 3.63) is 35.4 Å². The Morgan fingerprint density at radius 2 is 1.88 bits per heavy atom. The van der Waals surface area contributed by atoms with Crippen molar-refractivity contribution in [2.75, 3.05) is 6.54 Å². The molecule has 0 saturated heterocycles. The van der Waals surface area contributed by atoms with Crippen LogP contribution in [0.3, 0.4) is 0 Å². The SMILES string of the molecule is CC(C)CN=C(N)N1Cc2ccccc2C1. The van der Waals surface area contributed by atoms with Gasteiger partial charge in [0.1, 0.15) is 0 Å². The molecule has 2 rings (SSSR count). The first-order valence-electron chi connectivity index (χ1n) is 5.78. The summed E-state index contributed by atoms with van der Waals surface area (Å²) < 4.78 is 0. The van der Waals surface area contributed by atoms with Gasteiger partial charge in [-0.05, 0) is 17.0 Å². The maximum absolute atomic E-state index is 5.98. The zero-order valence-electron chi connectivity index (χ0n) is 9.98. The average Bonchev–Trinajstić information content (AvgIpc) is 2.69. The lowest BCUT2D eigenvalue weighted by Crippen LogP contribution is -2.33. The van der Waals surface area contributed by atoms with E-state index >= 15 is 0 Å². The molecule has 0 spiro atoms. The van der Waals surface area contributed by atoms with Crippen molar-refractivity contribution < 1.29 is 0 Å². The molecule has 0 saturated carbocycles. The van der Waals surface area contributed by atoms with Crippen LogP contribution in [0.4, 0.5) is 0 Å². The van der Waals surface area contributed by atoms with Crippen LogP contribution >= 0.6 is 0 Å². The number of guanidine groups is 1. The van der Waals surface area contributed by atoms with E-state index in [2.05, 4.69) is 48.0 Å². The van der Waals surface area contributed by atoms with Gasteiger partial charge in [-0.15, -0.1) is 0 Å². The third-order valence-electron chi connectivity index (χ3n) is 2.78. The molecule has 0 bridgehead atoms. The lowest BCUT2D eigenvalue weighted by atomic mass is 10.1. The maximum atomic E-state index is 5.98. The van der Waals surface area contributed by atoms with E-state index in [0.29, 0.717) is 11.9 Å². The van der Waals surface area contributed by atoms with Crippen molar-refractivity contribution >= 4 is 5.96 Å². The molecule has 1 aliphatic rings. The highest BCUT2D eigenvalue weighted by molar-refractivity contribution is 5.78. The number of nitrogens with zero attached hydrogens (tertiary/aromatic N) is 2. The summed E-state index contributed by atoms with van der Waals surface area (Å²) in [5.74, 6) is 1.23. The molecule has 16 heavy (non-hydrogen) atoms. The van der Waals surface area contributed by atoms with E-state index in [9.17, 15) is 0 Å². The smallest absolute Gasteiger partial charge is 0.191 e. The lowest BCUT2D eigenvalue weighted by Gasteiger charge is -2.16. The Kier molecular flexibility index (Phi) is 3.13. The standard InChI is InChI=1S/C13H19N3/c1-10(2)7-15-13(14)16-8-11-5-3-4-6-12(11)9-16/h3-6,10H,7-9H2,1-2H3,(H2,14,15). The molecule has 0 aromatic heterocycles. The molecule has 1 aliphatic heterocycles. The summed E-state index contributed by atoms with van der Waals surface area (Å²) in [6, 6.07) is 8.46. The molecule has 0 aliphatic carbocycles. The van der Waals surface area contributed by atoms with E-state index in [1.165, 1.54) is 11.1 Å². The summed E-state index contributed by atoms with van der Waals surface area (Å²) in [5.41, 5.74) is 8.71. The number of hydrogen-bond acceptors (Lipinski definition) is 1. The van der Waals surface area contributed by atoms with Crippen LogP contribution in [0.15, 0.2) is 29.3 Å². The van der Waals surface area contributed by atoms with Crippen LogP contribution in [0.2, 0.25) is 0 Å². The third kappa shape index (κ3) is 2.35. The van der Waals surface area contributed by atoms with Crippen LogP contribution in [-0.4, -0.2) is 17.4 Å². The van der Waals surface area contributed by atoms with Crippen molar-refractivity contribution in [3.63, 3.8) is 0 Å². The van der Waals surface area contributed by atoms with Gasteiger partial charge in [0.05, 0.1) is 0 Å². The van der Waals surface area contributed by atoms with Crippen molar-refractivity contribution in [1.29, 1.82) is 0 Å². The number of benzene rings is 1. The fraction of sp³-hybridized carbons (Fsp3) is 0.462. The molecule has 0 fully saturated rings. The monoisotopic (exact) mass is 217 g/mol. The molecular weight excluding hydrogens is 198 g/mol. The Bertz CT molecular complexity index is 371. The Labute approximate surface area is 97.0 Å². The second-order valence-electron chi connectivity index (χ2n) is 4.72. The molecule has 0 amide bonds. The van der Waals surface area contributed by atoms with Crippen molar-refractivity contribution in [2.24, 2.45) is 16.6 Å². The summed E-state index contributed by atoms with van der Waals surface area (Å²) in [6.45, 7) is 6.89. The van der Waals surface area contributed by atoms with E-state index < -0.39 is 0 Å². The van der Waals surface area contributed by atoms with E-state index in [4.69, 9.17) is 5.73 Å². The minimum absolute atomic E-state index is 0.559. The van der Waals surface area contributed by atoms with Crippen LogP contribution in [0.1, 0.15) is 25.0 Å². The summed E-state index contributed by atoms with van der Waals surface area (Å²) in [7, 11) is 0. The van der Waals surface area contributed by atoms with Gasteiger partial charge in [-0.3, -0.25) is 4.99 Å². The van der Waals surface area contributed by atoms with Gasteiger partial charge in [-0.25, -0.2) is 0 Å². The normalized spacial score (nSPS) is 15.7. The molecular formula is C13H19N3. The highest BCUT2D eigenvalue weighted by Gasteiger charge is 2.19. The van der Waals surface area contributed by atoms with Gasteiger partial charge in [-0.2, -0.15) is 0 Å². The van der Waals surface area contributed by atoms with Gasteiger partial charge in [0, 0.05) is 19.6 Å². The van der Waals surface area contributed by atoms with Gasteiger partial charge in [0.15, 0.2) is 5.96 Å². The lowest BCUT2D eigenvalue weighted by molar-refractivity contribution is 0.438. The zero-order valence-corrected chi connectivity index (χ0v) is 9.98. The second-order valence-corrected chi connectivity index (χ2v) is 4.72. The van der Waals surface area contributed by atoms with Crippen molar-refractivity contribution in [3.8, 4) is 0 Å². The fourth-order valence-electron chi connectivity index (χ4n) is 1.87. The second kappa shape index (κ2) is 4.56. The van der Waals surface area contributed by atoms with E-state index in [0.717, 1.165) is 19.6 Å². The molecule has 0 unspecified atom stereocenters. The van der Waals surface area contributed by atoms with E-state index in [1.54, 1.807) is 0 Å². The molecule has 1 aromatic carbocycles. The van der Waals surface area contributed by atoms with Gasteiger partial charge in [-0.1, -0.05) is 38.1 Å². The molecule has 86 valence electrons. The Morgan fingerprint density at radius 1 is 1.31 bits per heavy atom. The molecule has 0 atom stereocenters. The zero-order chi connectivity index (χ0) is 11.5. The summed E-state index contributed by atoms with van der Waals surface area (Å²) in [5, 5.41) is 0. The Morgan fingerprint density at radius 3 is 2.38 bits per heavy atom. The summed E-state index contributed by atoms with van der Waals surface area (Å²) >= 11 is 0. The van der Waals surface area contributed by atoms with Crippen molar-refractivity contribution in [2.45, 2.75) is 26.9 Å². The van der Waals surface area contributed by atoms with Crippen molar-refractivity contribution in [1.82, 2.24) is 4.90 Å². The first-order valence-corrected chi connectivity index (χ1v) is 5.78. The highest BCUT2D eigenvalue weighted by atomic mass is 15.3. The maximum Gasteiger partial charge on any atom is 0.191 e. The predicted octanol–water partition coefficient (Wildman–Crippen LogP) is 1.97. The topological polar surface area (TPSA) is 41.6 Å². The third-order valence-corrected chi connectivity index (χ3v) is 2.78. The summed E-state index contributed by atoms with van der Waals surface area (Å²) in [4.78, 5) is 6.54. The largest absolute Gasteiger partial charge is 0.370 e. The molecule has 3 nitrogen and oxygen atoms in total. The van der Waals surface area contributed by atoms with E-state index in [1.807, 2.05) is 0 Å². The fourth-order valence-corrected chi connectivity index (χ4v) is 1.87. The van der Waals surface area contributed by atoms with Crippen LogP contribution in [0, 0.1) is 5.92 Å². The number of aliphatic imine (C=N–C) groups is 1.